The van der Waals surface area contributed by atoms with E-state index in [2.05, 4.69) is 11.5 Å². The summed E-state index contributed by atoms with van der Waals surface area (Å²) in [6.07, 6.45) is 2.87. The molecule has 21 heavy (non-hydrogen) atoms. The minimum Gasteiger partial charge on any atom is -0.347 e. The molecule has 0 amide bonds. The topological polar surface area (TPSA) is 22.0 Å². The Hall–Kier alpha value is -2.42. The lowest BCUT2D eigenvalue weighted by Gasteiger charge is -2.01. The predicted molar refractivity (Wildman–Crippen MR) is 82.1 cm³/mol. The van der Waals surface area contributed by atoms with Crippen molar-refractivity contribution in [1.82, 2.24) is 4.57 Å². The molecule has 1 heterocycles. The predicted octanol–water partition coefficient (Wildman–Crippen LogP) is 4.42. The van der Waals surface area contributed by atoms with Crippen LogP contribution < -0.4 is 0 Å². The minimum absolute atomic E-state index is 0.138. The summed E-state index contributed by atoms with van der Waals surface area (Å²) in [5.74, 6) is -0.529. The zero-order chi connectivity index (χ0) is 14.8. The van der Waals surface area contributed by atoms with Gasteiger partial charge < -0.3 is 4.57 Å². The maximum absolute atomic E-state index is 13.3. The molecule has 3 heteroatoms. The Morgan fingerprint density at radius 3 is 2.71 bits per heavy atom. The first kappa shape index (κ1) is 13.6. The van der Waals surface area contributed by atoms with Gasteiger partial charge in [0.05, 0.1) is 0 Å². The quantitative estimate of drug-likeness (QED) is 0.649. The monoisotopic (exact) mass is 281 g/mol. The number of carbonyl (C=O) groups is 1. The summed E-state index contributed by atoms with van der Waals surface area (Å²) in [5.41, 5.74) is 2.05. The van der Waals surface area contributed by atoms with Crippen LogP contribution in [0.5, 0.6) is 0 Å². The molecule has 0 unspecified atom stereocenters. The van der Waals surface area contributed by atoms with E-state index < -0.39 is 5.82 Å². The van der Waals surface area contributed by atoms with Gasteiger partial charge in [-0.1, -0.05) is 37.3 Å². The number of carbonyl (C=O) groups excluding carboxylic acids is 1. The number of nitrogens with zero attached hydrogens (tertiary/aromatic N) is 1. The highest BCUT2D eigenvalue weighted by Gasteiger charge is 2.16. The van der Waals surface area contributed by atoms with E-state index in [0.717, 1.165) is 23.9 Å². The number of hydrogen-bond donors (Lipinski definition) is 0. The lowest BCUT2D eigenvalue weighted by molar-refractivity contribution is 0.103. The van der Waals surface area contributed by atoms with Gasteiger partial charge >= 0.3 is 0 Å². The van der Waals surface area contributed by atoms with E-state index in [4.69, 9.17) is 0 Å². The third-order valence-corrected chi connectivity index (χ3v) is 3.58. The van der Waals surface area contributed by atoms with Crippen LogP contribution in [0.3, 0.4) is 0 Å². The molecule has 0 radical (unpaired) electrons. The molecular weight excluding hydrogens is 265 g/mol. The molecule has 2 aromatic carbocycles. The molecule has 1 aromatic heterocycles. The molecule has 0 spiro atoms. The second kappa shape index (κ2) is 5.52. The summed E-state index contributed by atoms with van der Waals surface area (Å²) < 4.78 is 15.4. The lowest BCUT2D eigenvalue weighted by atomic mass is 10.0. The first-order valence-electron chi connectivity index (χ1n) is 7.09. The SMILES string of the molecule is CCCn1cc(C(=O)c2cccc(F)c2)c2ccccc21. The number of benzene rings is 2. The third kappa shape index (κ3) is 2.47. The summed E-state index contributed by atoms with van der Waals surface area (Å²) in [7, 11) is 0. The molecule has 3 rings (SSSR count). The van der Waals surface area contributed by atoms with Gasteiger partial charge in [-0.15, -0.1) is 0 Å². The Bertz CT molecular complexity index is 804. The summed E-state index contributed by atoms with van der Waals surface area (Å²) in [6, 6.07) is 13.7. The van der Waals surface area contributed by atoms with E-state index in [1.165, 1.54) is 12.1 Å². The number of ketones is 1. The molecule has 0 saturated carbocycles. The van der Waals surface area contributed by atoms with Gasteiger partial charge in [-0.25, -0.2) is 4.39 Å². The van der Waals surface area contributed by atoms with E-state index in [1.54, 1.807) is 12.1 Å². The van der Waals surface area contributed by atoms with Crippen LogP contribution in [-0.4, -0.2) is 10.4 Å². The zero-order valence-electron chi connectivity index (χ0n) is 11.8. The van der Waals surface area contributed by atoms with Crippen LogP contribution in [0.25, 0.3) is 10.9 Å². The molecule has 3 aromatic rings. The molecule has 0 N–H and O–H groups in total. The van der Waals surface area contributed by atoms with Crippen molar-refractivity contribution < 1.29 is 9.18 Å². The second-order valence-electron chi connectivity index (χ2n) is 5.09. The Labute approximate surface area is 122 Å². The second-order valence-corrected chi connectivity index (χ2v) is 5.09. The van der Waals surface area contributed by atoms with Crippen LogP contribution in [0.1, 0.15) is 29.3 Å². The third-order valence-electron chi connectivity index (χ3n) is 3.58. The first-order chi connectivity index (χ1) is 10.2. The van der Waals surface area contributed by atoms with Crippen molar-refractivity contribution >= 4 is 16.7 Å². The van der Waals surface area contributed by atoms with E-state index in [0.29, 0.717) is 11.1 Å². The van der Waals surface area contributed by atoms with Gasteiger partial charge in [-0.2, -0.15) is 0 Å². The van der Waals surface area contributed by atoms with Crippen molar-refractivity contribution in [3.8, 4) is 0 Å². The van der Waals surface area contributed by atoms with Crippen LogP contribution in [0.2, 0.25) is 0 Å². The fourth-order valence-corrected chi connectivity index (χ4v) is 2.64. The van der Waals surface area contributed by atoms with Crippen LogP contribution in [0.4, 0.5) is 4.39 Å². The fraction of sp³-hybridized carbons (Fsp3) is 0.167. The van der Waals surface area contributed by atoms with Gasteiger partial charge in [0.1, 0.15) is 5.82 Å². The highest BCUT2D eigenvalue weighted by Crippen LogP contribution is 2.24. The van der Waals surface area contributed by atoms with Crippen molar-refractivity contribution in [2.24, 2.45) is 0 Å². The molecule has 106 valence electrons. The van der Waals surface area contributed by atoms with Crippen molar-refractivity contribution in [3.63, 3.8) is 0 Å². The van der Waals surface area contributed by atoms with E-state index >= 15 is 0 Å². The molecule has 0 aliphatic rings. The number of fused-ring (bicyclic) bond motifs is 1. The summed E-state index contributed by atoms with van der Waals surface area (Å²) >= 11 is 0. The molecule has 2 nitrogen and oxygen atoms in total. The van der Waals surface area contributed by atoms with Crippen LogP contribution >= 0.6 is 0 Å². The number of hydrogen-bond acceptors (Lipinski definition) is 1. The number of rotatable bonds is 4. The largest absolute Gasteiger partial charge is 0.347 e. The van der Waals surface area contributed by atoms with Crippen LogP contribution in [0, 0.1) is 5.82 Å². The molecule has 0 saturated heterocycles. The number of halogens is 1. The standard InChI is InChI=1S/C18H16FNO/c1-2-10-20-12-16(15-8-3-4-9-17(15)20)18(21)13-6-5-7-14(19)11-13/h3-9,11-12H,2,10H2,1H3. The van der Waals surface area contributed by atoms with Gasteiger partial charge in [0.15, 0.2) is 5.78 Å². The van der Waals surface area contributed by atoms with E-state index in [1.807, 2.05) is 30.5 Å². The van der Waals surface area contributed by atoms with Crippen molar-refractivity contribution in [3.05, 3.63) is 71.7 Å². The van der Waals surface area contributed by atoms with Crippen molar-refractivity contribution in [2.45, 2.75) is 19.9 Å². The van der Waals surface area contributed by atoms with E-state index in [-0.39, 0.29) is 5.78 Å². The minimum atomic E-state index is -0.391. The van der Waals surface area contributed by atoms with Gasteiger partial charge in [-0.05, 0) is 24.6 Å². The van der Waals surface area contributed by atoms with Crippen molar-refractivity contribution in [2.75, 3.05) is 0 Å². The lowest BCUT2D eigenvalue weighted by Crippen LogP contribution is -2.01. The zero-order valence-corrected chi connectivity index (χ0v) is 11.8. The summed E-state index contributed by atoms with van der Waals surface area (Å²) in [4.78, 5) is 12.7. The highest BCUT2D eigenvalue weighted by atomic mass is 19.1. The normalized spacial score (nSPS) is 11.0. The molecule has 0 atom stereocenters. The Kier molecular flexibility index (Phi) is 3.57. The van der Waals surface area contributed by atoms with Gasteiger partial charge in [0, 0.05) is 34.8 Å². The number of aryl methyl sites for hydroxylation is 1. The summed E-state index contributed by atoms with van der Waals surface area (Å²) in [5, 5.41) is 0.917. The molecular formula is C18H16FNO. The first-order valence-corrected chi connectivity index (χ1v) is 7.09. The Morgan fingerprint density at radius 2 is 1.95 bits per heavy atom. The molecule has 0 fully saturated rings. The van der Waals surface area contributed by atoms with Crippen LogP contribution in [0.15, 0.2) is 54.7 Å². The molecule has 0 bridgehead atoms. The molecule has 0 aliphatic heterocycles. The average molecular weight is 281 g/mol. The maximum Gasteiger partial charge on any atom is 0.195 e. The van der Waals surface area contributed by atoms with Gasteiger partial charge in [0.2, 0.25) is 0 Å². The van der Waals surface area contributed by atoms with Crippen molar-refractivity contribution in [1.29, 1.82) is 0 Å². The van der Waals surface area contributed by atoms with Gasteiger partial charge in [-0.3, -0.25) is 4.79 Å². The maximum atomic E-state index is 13.3. The fourth-order valence-electron chi connectivity index (χ4n) is 2.64. The highest BCUT2D eigenvalue weighted by molar-refractivity contribution is 6.16. The smallest absolute Gasteiger partial charge is 0.195 e. The van der Waals surface area contributed by atoms with Crippen LogP contribution in [-0.2, 0) is 6.54 Å². The summed E-state index contributed by atoms with van der Waals surface area (Å²) in [6.45, 7) is 2.96. The Balaban J connectivity index is 2.14. The number of para-hydroxylation sites is 1. The van der Waals surface area contributed by atoms with Gasteiger partial charge in [0.25, 0.3) is 0 Å². The Morgan fingerprint density at radius 1 is 1.14 bits per heavy atom. The van der Waals surface area contributed by atoms with E-state index in [9.17, 15) is 9.18 Å². The molecule has 0 aliphatic carbocycles. The number of aromatic nitrogens is 1. The average Bonchev–Trinajstić information content (AvgIpc) is 2.86.